The Morgan fingerprint density at radius 3 is 2.59 bits per heavy atom. The molecule has 0 amide bonds. The van der Waals surface area contributed by atoms with E-state index >= 15 is 0 Å². The maximum absolute atomic E-state index is 11.2. The van der Waals surface area contributed by atoms with E-state index in [4.69, 9.17) is 0 Å². The summed E-state index contributed by atoms with van der Waals surface area (Å²) in [6.07, 6.45) is 13.9. The average molecular weight is 403 g/mol. The first kappa shape index (κ1) is 21.4. The molecule has 0 spiro atoms. The Bertz CT molecular complexity index is 669. The van der Waals surface area contributed by atoms with E-state index in [2.05, 4.69) is 26.8 Å². The first-order valence-corrected chi connectivity index (χ1v) is 12.3. The van der Waals surface area contributed by atoms with Crippen molar-refractivity contribution in [2.24, 2.45) is 46.3 Å². The Balaban J connectivity index is 1.49. The number of carboxylic acid groups (broad SMARTS) is 1. The molecule has 0 aromatic rings. The number of allylic oxidation sites excluding steroid dienone is 1. The highest BCUT2D eigenvalue weighted by Crippen LogP contribution is 2.67. The molecule has 0 radical (unpaired) electrons. The van der Waals surface area contributed by atoms with E-state index in [1.54, 1.807) is 5.57 Å². The third-order valence-corrected chi connectivity index (χ3v) is 10.3. The first-order valence-electron chi connectivity index (χ1n) is 12.3. The summed E-state index contributed by atoms with van der Waals surface area (Å²) in [5.74, 6) is 2.94. The minimum Gasteiger partial charge on any atom is -0.481 e. The highest BCUT2D eigenvalue weighted by atomic mass is 16.4. The normalized spacial score (nSPS) is 46.1. The van der Waals surface area contributed by atoms with E-state index in [1.807, 2.05) is 6.92 Å². The van der Waals surface area contributed by atoms with E-state index in [-0.39, 0.29) is 12.0 Å². The van der Waals surface area contributed by atoms with Gasteiger partial charge in [0, 0.05) is 0 Å². The molecule has 9 unspecified atom stereocenters. The van der Waals surface area contributed by atoms with Gasteiger partial charge in [0.15, 0.2) is 0 Å². The van der Waals surface area contributed by atoms with Crippen LogP contribution in [-0.4, -0.2) is 22.3 Å². The van der Waals surface area contributed by atoms with Crippen molar-refractivity contribution < 1.29 is 15.0 Å². The lowest BCUT2D eigenvalue weighted by atomic mass is 9.47. The van der Waals surface area contributed by atoms with Crippen LogP contribution in [-0.2, 0) is 4.79 Å². The predicted octanol–water partition coefficient (Wildman–Crippen LogP) is 6.06. The summed E-state index contributed by atoms with van der Waals surface area (Å²) in [7, 11) is 0. The third-order valence-electron chi connectivity index (χ3n) is 10.3. The molecule has 29 heavy (non-hydrogen) atoms. The average Bonchev–Trinajstić information content (AvgIpc) is 3.03. The van der Waals surface area contributed by atoms with Crippen LogP contribution in [0, 0.1) is 46.3 Å². The second kappa shape index (κ2) is 7.70. The molecule has 0 heterocycles. The predicted molar refractivity (Wildman–Crippen MR) is 116 cm³/mol. The van der Waals surface area contributed by atoms with Crippen molar-refractivity contribution in [1.82, 2.24) is 0 Å². The fourth-order valence-corrected chi connectivity index (χ4v) is 8.45. The van der Waals surface area contributed by atoms with Crippen molar-refractivity contribution in [2.75, 3.05) is 0 Å². The number of aliphatic carboxylic acids is 1. The van der Waals surface area contributed by atoms with Crippen LogP contribution in [0.1, 0.15) is 91.9 Å². The Morgan fingerprint density at radius 1 is 1.10 bits per heavy atom. The fourth-order valence-electron chi connectivity index (χ4n) is 8.45. The van der Waals surface area contributed by atoms with Gasteiger partial charge in [-0.3, -0.25) is 4.79 Å². The minimum absolute atomic E-state index is 0.121. The largest absolute Gasteiger partial charge is 0.481 e. The van der Waals surface area contributed by atoms with Gasteiger partial charge in [-0.25, -0.2) is 0 Å². The molecule has 0 saturated heterocycles. The lowest BCUT2D eigenvalue weighted by Crippen LogP contribution is -2.50. The van der Waals surface area contributed by atoms with Gasteiger partial charge in [-0.15, -0.1) is 0 Å². The number of rotatable bonds is 5. The highest BCUT2D eigenvalue weighted by Gasteiger charge is 2.59. The van der Waals surface area contributed by atoms with Crippen molar-refractivity contribution in [1.29, 1.82) is 0 Å². The van der Waals surface area contributed by atoms with Crippen LogP contribution in [0.25, 0.3) is 0 Å². The van der Waals surface area contributed by atoms with Crippen LogP contribution in [0.15, 0.2) is 11.6 Å². The van der Waals surface area contributed by atoms with Crippen molar-refractivity contribution in [3.63, 3.8) is 0 Å². The summed E-state index contributed by atoms with van der Waals surface area (Å²) >= 11 is 0. The number of hydrogen-bond acceptors (Lipinski definition) is 2. The molecule has 3 nitrogen and oxygen atoms in total. The number of carbonyl (C=O) groups is 1. The number of hydrogen-bond donors (Lipinski definition) is 2. The van der Waals surface area contributed by atoms with Gasteiger partial charge in [0.1, 0.15) is 0 Å². The second-order valence-electron chi connectivity index (χ2n) is 11.7. The third kappa shape index (κ3) is 3.50. The molecule has 0 aromatic heterocycles. The van der Waals surface area contributed by atoms with Gasteiger partial charge >= 0.3 is 5.97 Å². The highest BCUT2D eigenvalue weighted by molar-refractivity contribution is 5.69. The van der Waals surface area contributed by atoms with E-state index in [0.29, 0.717) is 16.7 Å². The standard InChI is InChI=1S/C26H42O3/c1-16(5-6-17(2)24(28)29)21-9-10-22-20-8-7-18-15-19(27)11-13-25(18,3)23(20)12-14-26(21,22)4/h7,16-17,19-23,27H,5-6,8-15H2,1-4H3,(H,28,29). The summed E-state index contributed by atoms with van der Waals surface area (Å²) in [5.41, 5.74) is 2.32. The number of aliphatic hydroxyl groups is 1. The van der Waals surface area contributed by atoms with Crippen LogP contribution in [0.2, 0.25) is 0 Å². The molecule has 3 heteroatoms. The van der Waals surface area contributed by atoms with Crippen LogP contribution in [0.3, 0.4) is 0 Å². The van der Waals surface area contributed by atoms with E-state index in [1.165, 1.54) is 32.1 Å². The van der Waals surface area contributed by atoms with E-state index in [9.17, 15) is 15.0 Å². The van der Waals surface area contributed by atoms with Gasteiger partial charge < -0.3 is 10.2 Å². The molecule has 3 saturated carbocycles. The lowest BCUT2D eigenvalue weighted by molar-refractivity contribution is -0.141. The van der Waals surface area contributed by atoms with E-state index < -0.39 is 5.97 Å². The van der Waals surface area contributed by atoms with Crippen molar-refractivity contribution >= 4 is 5.97 Å². The topological polar surface area (TPSA) is 57.5 Å². The quantitative estimate of drug-likeness (QED) is 0.549. The Labute approximate surface area is 177 Å². The summed E-state index contributed by atoms with van der Waals surface area (Å²) in [6.45, 7) is 9.33. The lowest BCUT2D eigenvalue weighted by Gasteiger charge is -2.58. The van der Waals surface area contributed by atoms with Crippen LogP contribution < -0.4 is 0 Å². The summed E-state index contributed by atoms with van der Waals surface area (Å²) in [6, 6.07) is 0. The zero-order valence-electron chi connectivity index (χ0n) is 19.0. The molecule has 0 aromatic carbocycles. The van der Waals surface area contributed by atoms with Crippen molar-refractivity contribution in [3.05, 3.63) is 11.6 Å². The van der Waals surface area contributed by atoms with Gasteiger partial charge in [0.05, 0.1) is 12.0 Å². The zero-order valence-corrected chi connectivity index (χ0v) is 19.0. The second-order valence-corrected chi connectivity index (χ2v) is 11.7. The smallest absolute Gasteiger partial charge is 0.306 e. The van der Waals surface area contributed by atoms with Gasteiger partial charge in [-0.2, -0.15) is 0 Å². The zero-order chi connectivity index (χ0) is 21.0. The summed E-state index contributed by atoms with van der Waals surface area (Å²) in [5, 5.41) is 19.4. The fraction of sp³-hybridized carbons (Fsp3) is 0.885. The Kier molecular flexibility index (Phi) is 5.68. The van der Waals surface area contributed by atoms with Crippen molar-refractivity contribution in [3.8, 4) is 0 Å². The number of fused-ring (bicyclic) bond motifs is 5. The van der Waals surface area contributed by atoms with E-state index in [0.717, 1.165) is 55.8 Å². The van der Waals surface area contributed by atoms with Gasteiger partial charge in [-0.05, 0) is 105 Å². The Morgan fingerprint density at radius 2 is 1.86 bits per heavy atom. The molecule has 4 rings (SSSR count). The van der Waals surface area contributed by atoms with Crippen LogP contribution >= 0.6 is 0 Å². The monoisotopic (exact) mass is 402 g/mol. The van der Waals surface area contributed by atoms with Gasteiger partial charge in [0.25, 0.3) is 0 Å². The van der Waals surface area contributed by atoms with Crippen LogP contribution in [0.5, 0.6) is 0 Å². The molecule has 0 bridgehead atoms. The maximum atomic E-state index is 11.2. The number of aliphatic hydroxyl groups excluding tert-OH is 1. The molecular formula is C26H42O3. The molecule has 9 atom stereocenters. The molecular weight excluding hydrogens is 360 g/mol. The van der Waals surface area contributed by atoms with Crippen molar-refractivity contribution in [2.45, 2.75) is 98.0 Å². The SMILES string of the molecule is CC(CCC(C)C1CCC2C3CC=C4CC(O)CCC4(C)C3CCC12C)C(=O)O. The summed E-state index contributed by atoms with van der Waals surface area (Å²) in [4.78, 5) is 11.2. The van der Waals surface area contributed by atoms with Crippen LogP contribution in [0.4, 0.5) is 0 Å². The van der Waals surface area contributed by atoms with Gasteiger partial charge in [0.2, 0.25) is 0 Å². The molecule has 0 aliphatic heterocycles. The maximum Gasteiger partial charge on any atom is 0.306 e. The molecule has 4 aliphatic rings. The first-order chi connectivity index (χ1) is 13.7. The minimum atomic E-state index is -0.649. The summed E-state index contributed by atoms with van der Waals surface area (Å²) < 4.78 is 0. The molecule has 2 N–H and O–H groups in total. The van der Waals surface area contributed by atoms with Gasteiger partial charge in [-0.1, -0.05) is 39.3 Å². The Hall–Kier alpha value is -0.830. The molecule has 3 fully saturated rings. The molecule has 164 valence electrons. The number of carboxylic acids is 1. The molecule has 4 aliphatic carbocycles.